The first-order valence-electron chi connectivity index (χ1n) is 6.67. The third-order valence-corrected chi connectivity index (χ3v) is 3.86. The van der Waals surface area contributed by atoms with Crippen molar-refractivity contribution in [2.24, 2.45) is 17.6 Å². The van der Waals surface area contributed by atoms with Crippen LogP contribution in [0.1, 0.15) is 26.7 Å². The van der Waals surface area contributed by atoms with Gasteiger partial charge >= 0.3 is 0 Å². The SMILES string of the molecule is CCCC(CN)CN1CC(C)C(N(C)C)C1. The minimum atomic E-state index is 0.693. The predicted octanol–water partition coefficient (Wildman–Crippen LogP) is 1.24. The van der Waals surface area contributed by atoms with Crippen molar-refractivity contribution in [2.45, 2.75) is 32.7 Å². The van der Waals surface area contributed by atoms with E-state index < -0.39 is 0 Å². The molecule has 3 heteroatoms. The highest BCUT2D eigenvalue weighted by molar-refractivity contribution is 4.87. The molecule has 1 saturated heterocycles. The summed E-state index contributed by atoms with van der Waals surface area (Å²) in [6, 6.07) is 0.722. The van der Waals surface area contributed by atoms with Gasteiger partial charge in [0, 0.05) is 25.7 Å². The van der Waals surface area contributed by atoms with E-state index in [0.29, 0.717) is 5.92 Å². The number of likely N-dealkylation sites (N-methyl/N-ethyl adjacent to an activating group) is 1. The maximum Gasteiger partial charge on any atom is 0.0254 e. The zero-order chi connectivity index (χ0) is 12.1. The Morgan fingerprint density at radius 1 is 1.38 bits per heavy atom. The van der Waals surface area contributed by atoms with Gasteiger partial charge in [0.1, 0.15) is 0 Å². The summed E-state index contributed by atoms with van der Waals surface area (Å²) in [7, 11) is 4.38. The molecule has 0 aliphatic carbocycles. The molecule has 0 spiro atoms. The molecular weight excluding hydrogens is 198 g/mol. The van der Waals surface area contributed by atoms with Crippen molar-refractivity contribution in [3.8, 4) is 0 Å². The van der Waals surface area contributed by atoms with Gasteiger partial charge < -0.3 is 15.5 Å². The van der Waals surface area contributed by atoms with E-state index in [-0.39, 0.29) is 0 Å². The highest BCUT2D eigenvalue weighted by Gasteiger charge is 2.31. The first-order chi connectivity index (χ1) is 7.58. The smallest absolute Gasteiger partial charge is 0.0254 e. The summed E-state index contributed by atoms with van der Waals surface area (Å²) < 4.78 is 0. The molecule has 0 bridgehead atoms. The molecule has 0 aromatic carbocycles. The van der Waals surface area contributed by atoms with E-state index in [2.05, 4.69) is 37.7 Å². The van der Waals surface area contributed by atoms with Crippen LogP contribution in [0.4, 0.5) is 0 Å². The fraction of sp³-hybridized carbons (Fsp3) is 1.00. The first-order valence-corrected chi connectivity index (χ1v) is 6.67. The van der Waals surface area contributed by atoms with Gasteiger partial charge in [-0.05, 0) is 38.9 Å². The monoisotopic (exact) mass is 227 g/mol. The molecule has 0 amide bonds. The van der Waals surface area contributed by atoms with Crippen molar-refractivity contribution in [1.29, 1.82) is 0 Å². The minimum absolute atomic E-state index is 0.693. The Hall–Kier alpha value is -0.120. The molecule has 0 radical (unpaired) electrons. The lowest BCUT2D eigenvalue weighted by atomic mass is 10.0. The van der Waals surface area contributed by atoms with Gasteiger partial charge in [-0.1, -0.05) is 20.3 Å². The number of nitrogens with two attached hydrogens (primary N) is 1. The Kier molecular flexibility index (Phi) is 5.73. The van der Waals surface area contributed by atoms with Gasteiger partial charge in [-0.15, -0.1) is 0 Å². The third kappa shape index (κ3) is 3.72. The van der Waals surface area contributed by atoms with E-state index in [1.165, 1.54) is 32.5 Å². The Labute approximate surface area is 101 Å². The average molecular weight is 227 g/mol. The normalized spacial score (nSPS) is 28.9. The van der Waals surface area contributed by atoms with Gasteiger partial charge in [0.2, 0.25) is 0 Å². The molecule has 1 aliphatic heterocycles. The van der Waals surface area contributed by atoms with Gasteiger partial charge in [0.25, 0.3) is 0 Å². The molecule has 16 heavy (non-hydrogen) atoms. The van der Waals surface area contributed by atoms with Crippen LogP contribution in [0.2, 0.25) is 0 Å². The molecule has 1 rings (SSSR count). The molecule has 96 valence electrons. The Morgan fingerprint density at radius 2 is 2.06 bits per heavy atom. The fourth-order valence-corrected chi connectivity index (χ4v) is 2.93. The van der Waals surface area contributed by atoms with Crippen LogP contribution in [0.15, 0.2) is 0 Å². The molecule has 0 aromatic heterocycles. The van der Waals surface area contributed by atoms with E-state index >= 15 is 0 Å². The molecule has 3 nitrogen and oxygen atoms in total. The van der Waals surface area contributed by atoms with Crippen LogP contribution >= 0.6 is 0 Å². The zero-order valence-electron chi connectivity index (χ0n) is 11.4. The van der Waals surface area contributed by atoms with Gasteiger partial charge in [-0.2, -0.15) is 0 Å². The van der Waals surface area contributed by atoms with Crippen molar-refractivity contribution in [3.05, 3.63) is 0 Å². The van der Waals surface area contributed by atoms with E-state index in [0.717, 1.165) is 18.5 Å². The van der Waals surface area contributed by atoms with Crippen LogP contribution < -0.4 is 5.73 Å². The molecule has 1 aliphatic rings. The molecule has 0 saturated carbocycles. The van der Waals surface area contributed by atoms with Crippen molar-refractivity contribution in [2.75, 3.05) is 40.3 Å². The van der Waals surface area contributed by atoms with Crippen LogP contribution in [0, 0.1) is 11.8 Å². The fourth-order valence-electron chi connectivity index (χ4n) is 2.93. The Bertz CT molecular complexity index is 194. The molecule has 2 N–H and O–H groups in total. The Morgan fingerprint density at radius 3 is 2.50 bits per heavy atom. The first kappa shape index (κ1) is 13.9. The number of hydrogen-bond donors (Lipinski definition) is 1. The molecule has 3 atom stereocenters. The van der Waals surface area contributed by atoms with Crippen LogP contribution in [0.25, 0.3) is 0 Å². The number of rotatable bonds is 6. The van der Waals surface area contributed by atoms with Crippen LogP contribution in [0.5, 0.6) is 0 Å². The molecular formula is C13H29N3. The summed E-state index contributed by atoms with van der Waals surface area (Å²) in [5.74, 6) is 1.48. The second-order valence-corrected chi connectivity index (χ2v) is 5.62. The molecule has 3 unspecified atom stereocenters. The Balaban J connectivity index is 2.39. The van der Waals surface area contributed by atoms with Gasteiger partial charge in [-0.3, -0.25) is 0 Å². The summed E-state index contributed by atoms with van der Waals surface area (Å²) in [5.41, 5.74) is 5.83. The lowest BCUT2D eigenvalue weighted by Gasteiger charge is -2.24. The van der Waals surface area contributed by atoms with Crippen molar-refractivity contribution < 1.29 is 0 Å². The highest BCUT2D eigenvalue weighted by atomic mass is 15.2. The second kappa shape index (κ2) is 6.58. The summed E-state index contributed by atoms with van der Waals surface area (Å²) in [5, 5.41) is 0. The van der Waals surface area contributed by atoms with E-state index in [1.54, 1.807) is 0 Å². The maximum atomic E-state index is 5.83. The number of hydrogen-bond acceptors (Lipinski definition) is 3. The van der Waals surface area contributed by atoms with E-state index in [4.69, 9.17) is 5.73 Å². The summed E-state index contributed by atoms with van der Waals surface area (Å²) >= 11 is 0. The molecule has 0 aromatic rings. The van der Waals surface area contributed by atoms with Crippen molar-refractivity contribution >= 4 is 0 Å². The zero-order valence-corrected chi connectivity index (χ0v) is 11.4. The lowest BCUT2D eigenvalue weighted by molar-refractivity contribution is 0.235. The summed E-state index contributed by atoms with van der Waals surface area (Å²) in [6.07, 6.45) is 2.52. The second-order valence-electron chi connectivity index (χ2n) is 5.62. The van der Waals surface area contributed by atoms with Gasteiger partial charge in [-0.25, -0.2) is 0 Å². The topological polar surface area (TPSA) is 32.5 Å². The quantitative estimate of drug-likeness (QED) is 0.741. The molecule has 1 heterocycles. The highest BCUT2D eigenvalue weighted by Crippen LogP contribution is 2.21. The number of likely N-dealkylation sites (tertiary alicyclic amines) is 1. The predicted molar refractivity (Wildman–Crippen MR) is 70.5 cm³/mol. The van der Waals surface area contributed by atoms with Crippen LogP contribution in [-0.4, -0.2) is 56.1 Å². The third-order valence-electron chi connectivity index (χ3n) is 3.86. The largest absolute Gasteiger partial charge is 0.330 e. The maximum absolute atomic E-state index is 5.83. The molecule has 1 fully saturated rings. The summed E-state index contributed by atoms with van der Waals surface area (Å²) in [4.78, 5) is 4.96. The van der Waals surface area contributed by atoms with Crippen LogP contribution in [0.3, 0.4) is 0 Å². The van der Waals surface area contributed by atoms with Crippen molar-refractivity contribution in [1.82, 2.24) is 9.80 Å². The van der Waals surface area contributed by atoms with Gasteiger partial charge in [0.05, 0.1) is 0 Å². The van der Waals surface area contributed by atoms with Crippen LogP contribution in [-0.2, 0) is 0 Å². The standard InChI is InChI=1S/C13H29N3/c1-5-6-12(7-14)9-16-8-11(2)13(10-16)15(3)4/h11-13H,5-10,14H2,1-4H3. The number of nitrogens with zero attached hydrogens (tertiary/aromatic N) is 2. The van der Waals surface area contributed by atoms with E-state index in [9.17, 15) is 0 Å². The van der Waals surface area contributed by atoms with Crippen molar-refractivity contribution in [3.63, 3.8) is 0 Å². The summed E-state index contributed by atoms with van der Waals surface area (Å²) in [6.45, 7) is 9.10. The minimum Gasteiger partial charge on any atom is -0.330 e. The van der Waals surface area contributed by atoms with Gasteiger partial charge in [0.15, 0.2) is 0 Å². The van der Waals surface area contributed by atoms with E-state index in [1.807, 2.05) is 0 Å². The lowest BCUT2D eigenvalue weighted by Crippen LogP contribution is -2.36. The average Bonchev–Trinajstić information content (AvgIpc) is 2.59.